The summed E-state index contributed by atoms with van der Waals surface area (Å²) in [7, 11) is 0. The van der Waals surface area contributed by atoms with Gasteiger partial charge < -0.3 is 10.3 Å². The van der Waals surface area contributed by atoms with Crippen molar-refractivity contribution in [2.75, 3.05) is 13.1 Å². The minimum absolute atomic E-state index is 0.0809. The van der Waals surface area contributed by atoms with Gasteiger partial charge in [-0.05, 0) is 56.3 Å². The number of fused-ring (bicyclic) bond motifs is 1. The molecule has 1 aliphatic rings. The summed E-state index contributed by atoms with van der Waals surface area (Å²) in [5, 5.41) is 11.7. The van der Waals surface area contributed by atoms with Crippen molar-refractivity contribution in [3.63, 3.8) is 0 Å². The van der Waals surface area contributed by atoms with Gasteiger partial charge in [-0.3, -0.25) is 9.89 Å². The molecule has 1 aliphatic heterocycles. The largest absolute Gasteiger partial charge is 0.345 e. The lowest BCUT2D eigenvalue weighted by molar-refractivity contribution is 0.104. The van der Waals surface area contributed by atoms with Crippen molar-refractivity contribution in [2.45, 2.75) is 18.8 Å². The van der Waals surface area contributed by atoms with E-state index < -0.39 is 5.82 Å². The van der Waals surface area contributed by atoms with E-state index in [9.17, 15) is 9.18 Å². The van der Waals surface area contributed by atoms with Crippen molar-refractivity contribution >= 4 is 28.4 Å². The van der Waals surface area contributed by atoms with Crippen molar-refractivity contribution in [1.82, 2.24) is 25.5 Å². The quantitative estimate of drug-likeness (QED) is 0.423. The molecule has 0 bridgehead atoms. The Balaban J connectivity index is 1.50. The summed E-state index contributed by atoms with van der Waals surface area (Å²) in [4.78, 5) is 20.5. The molecule has 0 atom stereocenters. The molecule has 3 aromatic heterocycles. The molecule has 1 fully saturated rings. The van der Waals surface area contributed by atoms with Gasteiger partial charge >= 0.3 is 0 Å². The fraction of sp³-hybridized carbons (Fsp3) is 0.227. The van der Waals surface area contributed by atoms with Crippen molar-refractivity contribution in [3.8, 4) is 11.3 Å². The molecular weight excluding hydrogens is 405 g/mol. The number of hydrogen-bond donors (Lipinski definition) is 3. The van der Waals surface area contributed by atoms with Crippen LogP contribution in [0.2, 0.25) is 5.02 Å². The minimum Gasteiger partial charge on any atom is -0.345 e. The number of carbonyl (C=O) groups is 1. The SMILES string of the molecule is O=C(c1ccc(F)cc1Cl)c1c[nH]c2ncc(-c3cc(C4CCNCC4)[nH]n3)cc12. The summed E-state index contributed by atoms with van der Waals surface area (Å²) in [6, 6.07) is 7.72. The monoisotopic (exact) mass is 423 g/mol. The third-order valence-electron chi connectivity index (χ3n) is 5.62. The number of nitrogens with one attached hydrogen (secondary N) is 3. The number of aromatic amines is 2. The Labute approximate surface area is 176 Å². The van der Waals surface area contributed by atoms with E-state index in [4.69, 9.17) is 11.6 Å². The molecule has 4 aromatic rings. The van der Waals surface area contributed by atoms with Gasteiger partial charge in [-0.2, -0.15) is 5.10 Å². The number of hydrogen-bond acceptors (Lipinski definition) is 4. The molecule has 0 amide bonds. The van der Waals surface area contributed by atoms with Crippen LogP contribution >= 0.6 is 11.6 Å². The highest BCUT2D eigenvalue weighted by Gasteiger charge is 2.20. The topological polar surface area (TPSA) is 86.5 Å². The van der Waals surface area contributed by atoms with Crippen LogP contribution in [-0.4, -0.2) is 39.0 Å². The average molecular weight is 424 g/mol. The molecule has 0 radical (unpaired) electrons. The van der Waals surface area contributed by atoms with Crippen LogP contribution in [0.25, 0.3) is 22.3 Å². The van der Waals surface area contributed by atoms with Crippen LogP contribution in [0.15, 0.2) is 42.7 Å². The standard InChI is InChI=1S/C22H19ClFN5O/c23-18-8-14(24)1-2-15(18)21(30)17-11-27-22-16(17)7-13(10-26-22)20-9-19(28-29-20)12-3-5-25-6-4-12/h1-2,7-12,25H,3-6H2,(H,26,27)(H,28,29). The van der Waals surface area contributed by atoms with E-state index in [2.05, 4.69) is 31.5 Å². The Kier molecular flexibility index (Phi) is 4.84. The molecular formula is C22H19ClFN5O. The molecule has 1 saturated heterocycles. The lowest BCUT2D eigenvalue weighted by Crippen LogP contribution is -2.26. The zero-order chi connectivity index (χ0) is 20.7. The number of ketones is 1. The number of pyridine rings is 1. The first kappa shape index (κ1) is 19.0. The first-order valence-electron chi connectivity index (χ1n) is 9.83. The van der Waals surface area contributed by atoms with E-state index in [1.165, 1.54) is 12.1 Å². The van der Waals surface area contributed by atoms with Crippen LogP contribution < -0.4 is 5.32 Å². The number of aromatic nitrogens is 4. The van der Waals surface area contributed by atoms with E-state index in [1.807, 2.05) is 6.07 Å². The predicted molar refractivity (Wildman–Crippen MR) is 113 cm³/mol. The molecule has 8 heteroatoms. The molecule has 0 aliphatic carbocycles. The third-order valence-corrected chi connectivity index (χ3v) is 5.94. The molecule has 0 saturated carbocycles. The lowest BCUT2D eigenvalue weighted by atomic mass is 9.94. The highest BCUT2D eigenvalue weighted by atomic mass is 35.5. The Morgan fingerprint density at radius 2 is 1.97 bits per heavy atom. The van der Waals surface area contributed by atoms with Crippen molar-refractivity contribution in [3.05, 3.63) is 70.4 Å². The van der Waals surface area contributed by atoms with E-state index >= 15 is 0 Å². The first-order valence-corrected chi connectivity index (χ1v) is 10.2. The van der Waals surface area contributed by atoms with Gasteiger partial charge in [-0.25, -0.2) is 9.37 Å². The number of halogens is 2. The Morgan fingerprint density at radius 3 is 2.77 bits per heavy atom. The Hall–Kier alpha value is -3.03. The summed E-state index contributed by atoms with van der Waals surface area (Å²) in [5.41, 5.74) is 4.00. The van der Waals surface area contributed by atoms with Crippen LogP contribution in [0.4, 0.5) is 4.39 Å². The van der Waals surface area contributed by atoms with E-state index in [0.29, 0.717) is 22.5 Å². The molecule has 152 valence electrons. The Bertz CT molecular complexity index is 1240. The molecule has 3 N–H and O–H groups in total. The van der Waals surface area contributed by atoms with Gasteiger partial charge in [0.15, 0.2) is 5.78 Å². The van der Waals surface area contributed by atoms with Gasteiger partial charge in [0.25, 0.3) is 0 Å². The maximum atomic E-state index is 13.4. The van der Waals surface area contributed by atoms with Gasteiger partial charge in [0.05, 0.1) is 10.7 Å². The van der Waals surface area contributed by atoms with Crippen LogP contribution in [0.3, 0.4) is 0 Å². The van der Waals surface area contributed by atoms with Crippen molar-refractivity contribution in [2.24, 2.45) is 0 Å². The fourth-order valence-electron chi connectivity index (χ4n) is 3.98. The average Bonchev–Trinajstić information content (AvgIpc) is 3.41. The smallest absolute Gasteiger partial charge is 0.196 e. The number of nitrogens with zero attached hydrogens (tertiary/aromatic N) is 2. The number of benzene rings is 1. The molecule has 6 nitrogen and oxygen atoms in total. The summed E-state index contributed by atoms with van der Waals surface area (Å²) in [5.74, 6) is -0.306. The van der Waals surface area contributed by atoms with Crippen molar-refractivity contribution in [1.29, 1.82) is 0 Å². The van der Waals surface area contributed by atoms with E-state index in [1.54, 1.807) is 12.4 Å². The van der Waals surface area contributed by atoms with Gasteiger partial charge in [0, 0.05) is 46.1 Å². The van der Waals surface area contributed by atoms with Gasteiger partial charge in [0.1, 0.15) is 11.5 Å². The van der Waals surface area contributed by atoms with Gasteiger partial charge in [-0.1, -0.05) is 11.6 Å². The first-order chi connectivity index (χ1) is 14.6. The van der Waals surface area contributed by atoms with Crippen LogP contribution in [0.5, 0.6) is 0 Å². The second-order valence-corrected chi connectivity index (χ2v) is 7.92. The van der Waals surface area contributed by atoms with E-state index in [-0.39, 0.29) is 16.4 Å². The van der Waals surface area contributed by atoms with Gasteiger partial charge in [-0.15, -0.1) is 0 Å². The van der Waals surface area contributed by atoms with Crippen molar-refractivity contribution < 1.29 is 9.18 Å². The number of piperidine rings is 1. The second-order valence-electron chi connectivity index (χ2n) is 7.51. The molecule has 0 unspecified atom stereocenters. The third kappa shape index (κ3) is 3.40. The van der Waals surface area contributed by atoms with Crippen LogP contribution in [0, 0.1) is 5.82 Å². The number of H-pyrrole nitrogens is 2. The molecule has 30 heavy (non-hydrogen) atoms. The second kappa shape index (κ2) is 7.66. The summed E-state index contributed by atoms with van der Waals surface area (Å²) >= 11 is 6.09. The fourth-order valence-corrected chi connectivity index (χ4v) is 4.23. The Morgan fingerprint density at radius 1 is 1.13 bits per heavy atom. The number of carbonyl (C=O) groups excluding carboxylic acids is 1. The van der Waals surface area contributed by atoms with Crippen LogP contribution in [0.1, 0.15) is 40.4 Å². The van der Waals surface area contributed by atoms with Gasteiger partial charge in [0.2, 0.25) is 0 Å². The minimum atomic E-state index is -0.484. The summed E-state index contributed by atoms with van der Waals surface area (Å²) < 4.78 is 13.4. The lowest BCUT2D eigenvalue weighted by Gasteiger charge is -2.20. The zero-order valence-corrected chi connectivity index (χ0v) is 16.8. The summed E-state index contributed by atoms with van der Waals surface area (Å²) in [6.07, 6.45) is 5.50. The van der Waals surface area contributed by atoms with E-state index in [0.717, 1.165) is 48.9 Å². The molecule has 0 spiro atoms. The highest BCUT2D eigenvalue weighted by Crippen LogP contribution is 2.30. The highest BCUT2D eigenvalue weighted by molar-refractivity contribution is 6.35. The molecule has 4 heterocycles. The predicted octanol–water partition coefficient (Wildman–Crippen LogP) is 4.44. The van der Waals surface area contributed by atoms with Crippen LogP contribution in [-0.2, 0) is 0 Å². The maximum Gasteiger partial charge on any atom is 0.196 e. The molecule has 5 rings (SSSR count). The molecule has 1 aromatic carbocycles. The normalized spacial score (nSPS) is 15.0. The number of rotatable bonds is 4. The summed E-state index contributed by atoms with van der Waals surface area (Å²) in [6.45, 7) is 2.01. The maximum absolute atomic E-state index is 13.4. The zero-order valence-electron chi connectivity index (χ0n) is 16.0.